The summed E-state index contributed by atoms with van der Waals surface area (Å²) < 4.78 is 13.2. The van der Waals surface area contributed by atoms with Gasteiger partial charge in [-0.05, 0) is 53.0 Å². The molecular weight excluding hydrogens is 524 g/mol. The molecule has 0 radical (unpaired) electrons. The number of anilines is 1. The molecule has 10 heteroatoms. The molecule has 2 N–H and O–H groups in total. The van der Waals surface area contributed by atoms with Crippen LogP contribution >= 0.6 is 15.9 Å². The second kappa shape index (κ2) is 9.77. The Morgan fingerprint density at radius 2 is 1.78 bits per heavy atom. The van der Waals surface area contributed by atoms with Crippen LogP contribution < -0.4 is 15.2 Å². The smallest absolute Gasteiger partial charge is 0.219 e. The van der Waals surface area contributed by atoms with Crippen molar-refractivity contribution in [2.45, 2.75) is 25.7 Å². The monoisotopic (exact) mass is 550 g/mol. The predicted octanol–water partition coefficient (Wildman–Crippen LogP) is 4.55. The van der Waals surface area contributed by atoms with E-state index in [4.69, 9.17) is 20.2 Å². The summed E-state index contributed by atoms with van der Waals surface area (Å²) in [5, 5.41) is 4.49. The minimum atomic E-state index is 0.109. The number of carbonyl (C=O) groups is 1. The van der Waals surface area contributed by atoms with E-state index in [1.54, 1.807) is 31.9 Å². The molecule has 1 fully saturated rings. The van der Waals surface area contributed by atoms with Crippen LogP contribution in [0.2, 0.25) is 0 Å². The number of hydrogen-bond donors (Lipinski definition) is 1. The first-order valence-corrected chi connectivity index (χ1v) is 12.5. The van der Waals surface area contributed by atoms with Crippen LogP contribution in [0.3, 0.4) is 0 Å². The lowest BCUT2D eigenvalue weighted by Gasteiger charge is -2.31. The van der Waals surface area contributed by atoms with Crippen LogP contribution in [-0.2, 0) is 4.79 Å². The van der Waals surface area contributed by atoms with Crippen molar-refractivity contribution in [3.63, 3.8) is 0 Å². The average Bonchev–Trinajstić information content (AvgIpc) is 3.34. The number of nitrogens with zero attached hydrogens (tertiary/aromatic N) is 5. The number of nitrogens with two attached hydrogens (primary N) is 1. The van der Waals surface area contributed by atoms with Gasteiger partial charge in [-0.2, -0.15) is 9.61 Å². The quantitative estimate of drug-likeness (QED) is 0.388. The number of nitrogen functional groups attached to an aromatic ring is 1. The molecule has 1 aliphatic heterocycles. The van der Waals surface area contributed by atoms with Crippen LogP contribution in [0.25, 0.3) is 28.0 Å². The summed E-state index contributed by atoms with van der Waals surface area (Å²) in [5.41, 5.74) is 11.5. The maximum absolute atomic E-state index is 11.7. The summed E-state index contributed by atoms with van der Waals surface area (Å²) in [5.74, 6) is 2.13. The van der Waals surface area contributed by atoms with Crippen LogP contribution in [0.1, 0.15) is 31.4 Å². The third-order valence-corrected chi connectivity index (χ3v) is 7.54. The number of rotatable bonds is 5. The molecule has 1 aliphatic rings. The van der Waals surface area contributed by atoms with E-state index in [2.05, 4.69) is 26.0 Å². The Morgan fingerprint density at radius 1 is 1.06 bits per heavy atom. The van der Waals surface area contributed by atoms with E-state index in [0.717, 1.165) is 45.4 Å². The number of fused-ring (bicyclic) bond motifs is 1. The molecule has 36 heavy (non-hydrogen) atoms. The van der Waals surface area contributed by atoms with Gasteiger partial charge in [0.05, 0.1) is 36.3 Å². The molecule has 0 bridgehead atoms. The first-order valence-electron chi connectivity index (χ1n) is 11.7. The summed E-state index contributed by atoms with van der Waals surface area (Å²) in [7, 11) is 3.22. The highest BCUT2D eigenvalue weighted by Gasteiger charge is 2.27. The number of aromatic nitrogens is 4. The molecule has 1 saturated heterocycles. The minimum absolute atomic E-state index is 0.109. The van der Waals surface area contributed by atoms with Crippen molar-refractivity contribution in [2.75, 3.05) is 33.0 Å². The van der Waals surface area contributed by atoms with E-state index < -0.39 is 0 Å². The lowest BCUT2D eigenvalue weighted by atomic mass is 9.93. The van der Waals surface area contributed by atoms with E-state index in [1.165, 1.54) is 0 Å². The third kappa shape index (κ3) is 4.26. The zero-order valence-corrected chi connectivity index (χ0v) is 21.9. The van der Waals surface area contributed by atoms with Gasteiger partial charge in [-0.1, -0.05) is 6.07 Å². The van der Waals surface area contributed by atoms with Crippen molar-refractivity contribution in [2.24, 2.45) is 0 Å². The van der Waals surface area contributed by atoms with Gasteiger partial charge in [0.2, 0.25) is 5.91 Å². The Labute approximate surface area is 217 Å². The summed E-state index contributed by atoms with van der Waals surface area (Å²) in [6, 6.07) is 9.67. The van der Waals surface area contributed by atoms with Crippen molar-refractivity contribution < 1.29 is 14.3 Å². The zero-order chi connectivity index (χ0) is 25.4. The summed E-state index contributed by atoms with van der Waals surface area (Å²) >= 11 is 3.64. The van der Waals surface area contributed by atoms with Gasteiger partial charge >= 0.3 is 0 Å². The number of benzene rings is 1. The maximum Gasteiger partial charge on any atom is 0.219 e. The Morgan fingerprint density at radius 3 is 2.42 bits per heavy atom. The first kappa shape index (κ1) is 24.1. The summed E-state index contributed by atoms with van der Waals surface area (Å²) in [4.78, 5) is 23.3. The second-order valence-electron chi connectivity index (χ2n) is 8.77. The van der Waals surface area contributed by atoms with E-state index in [1.807, 2.05) is 41.4 Å². The minimum Gasteiger partial charge on any atom is -0.493 e. The van der Waals surface area contributed by atoms with Gasteiger partial charge in [-0.3, -0.25) is 9.78 Å². The van der Waals surface area contributed by atoms with Gasteiger partial charge in [0.1, 0.15) is 5.82 Å². The molecule has 0 aliphatic carbocycles. The molecule has 1 amide bonds. The van der Waals surface area contributed by atoms with Gasteiger partial charge in [-0.15, -0.1) is 0 Å². The molecule has 186 valence electrons. The third-order valence-electron chi connectivity index (χ3n) is 6.73. The van der Waals surface area contributed by atoms with E-state index in [-0.39, 0.29) is 11.8 Å². The van der Waals surface area contributed by atoms with Gasteiger partial charge < -0.3 is 20.1 Å². The average molecular weight is 551 g/mol. The molecule has 5 rings (SSSR count). The van der Waals surface area contributed by atoms with Gasteiger partial charge in [0.25, 0.3) is 0 Å². The topological polar surface area (TPSA) is 108 Å². The van der Waals surface area contributed by atoms with Crippen molar-refractivity contribution in [3.05, 3.63) is 52.9 Å². The fraction of sp³-hybridized carbons (Fsp3) is 0.308. The van der Waals surface area contributed by atoms with Crippen molar-refractivity contribution in [3.8, 4) is 33.9 Å². The van der Waals surface area contributed by atoms with Crippen LogP contribution in [0.4, 0.5) is 5.82 Å². The normalized spacial score (nSPS) is 14.3. The standard InChI is InChI=1S/C26H27BrN6O3/c1-15(34)32-10-8-16(9-11-32)24-23(27)25(28)33-26(31-24)19(14-30-33)18-4-6-20(29-13-18)17-5-7-21(35-2)22(12-17)36-3/h4-7,12-14,16H,8-11,28H2,1-3H3. The number of likely N-dealkylation sites (tertiary alicyclic amines) is 1. The maximum atomic E-state index is 11.7. The fourth-order valence-corrected chi connectivity index (χ4v) is 5.26. The Kier molecular flexibility index (Phi) is 6.53. The largest absolute Gasteiger partial charge is 0.493 e. The van der Waals surface area contributed by atoms with E-state index in [9.17, 15) is 4.79 Å². The molecule has 4 heterocycles. The SMILES string of the molecule is COc1ccc(-c2ccc(-c3cnn4c(N)c(Br)c(C5CCN(C(C)=O)CC5)nc34)cn2)cc1OC. The number of ether oxygens (including phenoxy) is 2. The van der Waals surface area contributed by atoms with Gasteiger partial charge in [-0.25, -0.2) is 4.98 Å². The Hall–Kier alpha value is -3.66. The van der Waals surface area contributed by atoms with E-state index >= 15 is 0 Å². The fourth-order valence-electron chi connectivity index (χ4n) is 4.67. The number of pyridine rings is 1. The molecule has 3 aromatic heterocycles. The van der Waals surface area contributed by atoms with Gasteiger partial charge in [0.15, 0.2) is 17.1 Å². The molecule has 0 unspecified atom stereocenters. The van der Waals surface area contributed by atoms with Crippen molar-refractivity contribution in [1.29, 1.82) is 0 Å². The lowest BCUT2D eigenvalue weighted by Crippen LogP contribution is -2.36. The Bertz CT molecular complexity index is 1430. The molecular formula is C26H27BrN6O3. The molecule has 9 nitrogen and oxygen atoms in total. The number of hydrogen-bond acceptors (Lipinski definition) is 7. The van der Waals surface area contributed by atoms with Crippen LogP contribution in [0, 0.1) is 0 Å². The number of methoxy groups -OCH3 is 2. The summed E-state index contributed by atoms with van der Waals surface area (Å²) in [6.45, 7) is 3.04. The Balaban J connectivity index is 1.48. The van der Waals surface area contributed by atoms with E-state index in [0.29, 0.717) is 36.1 Å². The molecule has 1 aromatic carbocycles. The van der Waals surface area contributed by atoms with Crippen LogP contribution in [0.15, 0.2) is 47.2 Å². The lowest BCUT2D eigenvalue weighted by molar-refractivity contribution is -0.129. The number of carbonyl (C=O) groups excluding carboxylic acids is 1. The number of halogens is 1. The van der Waals surface area contributed by atoms with Crippen molar-refractivity contribution in [1.82, 2.24) is 24.5 Å². The number of piperidine rings is 1. The highest BCUT2D eigenvalue weighted by Crippen LogP contribution is 2.37. The summed E-state index contributed by atoms with van der Waals surface area (Å²) in [6.07, 6.45) is 5.26. The van der Waals surface area contributed by atoms with Gasteiger partial charge in [0, 0.05) is 48.8 Å². The zero-order valence-electron chi connectivity index (χ0n) is 20.4. The first-order chi connectivity index (χ1) is 17.4. The predicted molar refractivity (Wildman–Crippen MR) is 141 cm³/mol. The van der Waals surface area contributed by atoms with Crippen molar-refractivity contribution >= 4 is 33.3 Å². The molecule has 4 aromatic rings. The number of amides is 1. The highest BCUT2D eigenvalue weighted by atomic mass is 79.9. The van der Waals surface area contributed by atoms with Crippen LogP contribution in [0.5, 0.6) is 11.5 Å². The molecule has 0 spiro atoms. The molecule has 0 atom stereocenters. The molecule has 0 saturated carbocycles. The highest BCUT2D eigenvalue weighted by molar-refractivity contribution is 9.10. The van der Waals surface area contributed by atoms with Crippen LogP contribution in [-0.4, -0.2) is 57.7 Å². The second-order valence-corrected chi connectivity index (χ2v) is 9.57.